The summed E-state index contributed by atoms with van der Waals surface area (Å²) in [7, 11) is 0. The molecule has 0 aromatic carbocycles. The predicted molar refractivity (Wildman–Crippen MR) is 66.4 cm³/mol. The number of hydrogen-bond acceptors (Lipinski definition) is 3. The van der Waals surface area contributed by atoms with Crippen LogP contribution < -0.4 is 0 Å². The minimum Gasteiger partial charge on any atom is -0.396 e. The fourth-order valence-corrected chi connectivity index (χ4v) is 2.65. The largest absolute Gasteiger partial charge is 0.396 e. The van der Waals surface area contributed by atoms with Crippen LogP contribution in [0.2, 0.25) is 0 Å². The summed E-state index contributed by atoms with van der Waals surface area (Å²) in [6.07, 6.45) is 5.58. The quantitative estimate of drug-likeness (QED) is 0.727. The molecule has 0 spiro atoms. The Kier molecular flexibility index (Phi) is 5.73. The van der Waals surface area contributed by atoms with Crippen LogP contribution in [0.4, 0.5) is 0 Å². The van der Waals surface area contributed by atoms with Crippen molar-refractivity contribution in [2.75, 3.05) is 26.3 Å². The maximum atomic E-state index is 9.58. The summed E-state index contributed by atoms with van der Waals surface area (Å²) in [5.74, 6) is 0. The van der Waals surface area contributed by atoms with E-state index in [4.69, 9.17) is 0 Å². The van der Waals surface area contributed by atoms with Gasteiger partial charge in [-0.3, -0.25) is 4.90 Å². The molecule has 3 heteroatoms. The van der Waals surface area contributed by atoms with Crippen LogP contribution in [0, 0.1) is 5.41 Å². The van der Waals surface area contributed by atoms with E-state index in [1.54, 1.807) is 0 Å². The molecule has 1 saturated heterocycles. The molecule has 0 bridgehead atoms. The van der Waals surface area contributed by atoms with Gasteiger partial charge in [-0.1, -0.05) is 20.3 Å². The van der Waals surface area contributed by atoms with E-state index >= 15 is 0 Å². The molecule has 1 aliphatic heterocycles. The van der Waals surface area contributed by atoms with E-state index in [9.17, 15) is 10.2 Å². The molecule has 1 heterocycles. The van der Waals surface area contributed by atoms with Crippen LogP contribution in [-0.4, -0.2) is 47.5 Å². The van der Waals surface area contributed by atoms with E-state index in [0.717, 1.165) is 32.4 Å². The second-order valence-corrected chi connectivity index (χ2v) is 5.17. The fourth-order valence-electron chi connectivity index (χ4n) is 2.65. The summed E-state index contributed by atoms with van der Waals surface area (Å²) in [5.41, 5.74) is 0.0325. The van der Waals surface area contributed by atoms with Gasteiger partial charge in [-0.05, 0) is 32.2 Å². The third-order valence-corrected chi connectivity index (χ3v) is 4.33. The van der Waals surface area contributed by atoms with Crippen molar-refractivity contribution in [3.8, 4) is 0 Å². The minimum absolute atomic E-state index is 0.0325. The Hall–Kier alpha value is -0.120. The predicted octanol–water partition coefficient (Wildman–Crippen LogP) is 1.63. The maximum absolute atomic E-state index is 9.58. The van der Waals surface area contributed by atoms with Gasteiger partial charge in [0.15, 0.2) is 0 Å². The first-order valence-electron chi connectivity index (χ1n) is 6.67. The number of likely N-dealkylation sites (tertiary alicyclic amines) is 1. The Morgan fingerprint density at radius 1 is 1.19 bits per heavy atom. The summed E-state index contributed by atoms with van der Waals surface area (Å²) in [5, 5.41) is 18.9. The molecule has 0 amide bonds. The second-order valence-electron chi connectivity index (χ2n) is 5.17. The first-order chi connectivity index (χ1) is 7.71. The van der Waals surface area contributed by atoms with Crippen molar-refractivity contribution in [3.63, 3.8) is 0 Å². The minimum atomic E-state index is 0.0325. The van der Waals surface area contributed by atoms with Crippen LogP contribution >= 0.6 is 0 Å². The Morgan fingerprint density at radius 2 is 1.88 bits per heavy atom. The maximum Gasteiger partial charge on any atom is 0.0586 e. The first-order valence-corrected chi connectivity index (χ1v) is 6.67. The first kappa shape index (κ1) is 13.9. The van der Waals surface area contributed by atoms with E-state index < -0.39 is 0 Å². The van der Waals surface area contributed by atoms with Crippen molar-refractivity contribution < 1.29 is 10.2 Å². The lowest BCUT2D eigenvalue weighted by Crippen LogP contribution is -2.48. The van der Waals surface area contributed by atoms with Crippen LogP contribution in [0.5, 0.6) is 0 Å². The van der Waals surface area contributed by atoms with E-state index in [1.807, 2.05) is 0 Å². The number of aliphatic hydroxyl groups excluding tert-OH is 2. The summed E-state index contributed by atoms with van der Waals surface area (Å²) >= 11 is 0. The van der Waals surface area contributed by atoms with Crippen molar-refractivity contribution >= 4 is 0 Å². The van der Waals surface area contributed by atoms with E-state index in [1.165, 1.54) is 12.8 Å². The molecule has 3 nitrogen and oxygen atoms in total. The van der Waals surface area contributed by atoms with Crippen LogP contribution in [0.1, 0.15) is 46.0 Å². The summed E-state index contributed by atoms with van der Waals surface area (Å²) in [6, 6.07) is 0.317. The molecule has 0 aromatic heterocycles. The van der Waals surface area contributed by atoms with Gasteiger partial charge < -0.3 is 10.2 Å². The monoisotopic (exact) mass is 229 g/mol. The van der Waals surface area contributed by atoms with Gasteiger partial charge in [0, 0.05) is 24.6 Å². The standard InChI is InChI=1S/C13H27NO2/c1-3-13(4-2,11-16)10-14-8-6-5-7-12(14)9-15/h12,15-16H,3-11H2,1-2H3. The molecule has 1 atom stereocenters. The topological polar surface area (TPSA) is 43.7 Å². The lowest BCUT2D eigenvalue weighted by atomic mass is 9.81. The number of hydrogen-bond donors (Lipinski definition) is 2. The summed E-state index contributed by atoms with van der Waals surface area (Å²) < 4.78 is 0. The number of aliphatic hydroxyl groups is 2. The molecule has 1 aliphatic rings. The van der Waals surface area contributed by atoms with Crippen LogP contribution in [0.15, 0.2) is 0 Å². The molecule has 0 aliphatic carbocycles. The highest BCUT2D eigenvalue weighted by Crippen LogP contribution is 2.29. The fraction of sp³-hybridized carbons (Fsp3) is 1.00. The molecule has 1 rings (SSSR count). The molecule has 0 aromatic rings. The van der Waals surface area contributed by atoms with Crippen molar-refractivity contribution in [2.24, 2.45) is 5.41 Å². The zero-order valence-electron chi connectivity index (χ0n) is 10.8. The van der Waals surface area contributed by atoms with Gasteiger partial charge in [0.25, 0.3) is 0 Å². The van der Waals surface area contributed by atoms with E-state index in [0.29, 0.717) is 6.04 Å². The van der Waals surface area contributed by atoms with Gasteiger partial charge in [-0.2, -0.15) is 0 Å². The highest BCUT2D eigenvalue weighted by atomic mass is 16.3. The van der Waals surface area contributed by atoms with Crippen molar-refractivity contribution in [1.29, 1.82) is 0 Å². The molecule has 96 valence electrons. The lowest BCUT2D eigenvalue weighted by molar-refractivity contribution is 0.0158. The van der Waals surface area contributed by atoms with Crippen molar-refractivity contribution in [2.45, 2.75) is 52.0 Å². The molecular weight excluding hydrogens is 202 g/mol. The number of piperidine rings is 1. The third kappa shape index (κ3) is 3.19. The van der Waals surface area contributed by atoms with E-state index in [2.05, 4.69) is 18.7 Å². The van der Waals surface area contributed by atoms with Gasteiger partial charge in [0.2, 0.25) is 0 Å². The van der Waals surface area contributed by atoms with E-state index in [-0.39, 0.29) is 18.6 Å². The lowest BCUT2D eigenvalue weighted by Gasteiger charge is -2.41. The van der Waals surface area contributed by atoms with Gasteiger partial charge in [-0.15, -0.1) is 0 Å². The Morgan fingerprint density at radius 3 is 2.38 bits per heavy atom. The van der Waals surface area contributed by atoms with Crippen LogP contribution in [0.25, 0.3) is 0 Å². The molecule has 0 saturated carbocycles. The van der Waals surface area contributed by atoms with Crippen LogP contribution in [-0.2, 0) is 0 Å². The zero-order chi connectivity index (χ0) is 12.0. The smallest absolute Gasteiger partial charge is 0.0586 e. The second kappa shape index (κ2) is 6.58. The summed E-state index contributed by atoms with van der Waals surface area (Å²) in [4.78, 5) is 2.38. The highest BCUT2D eigenvalue weighted by molar-refractivity contribution is 4.85. The number of rotatable bonds is 6. The van der Waals surface area contributed by atoms with Gasteiger partial charge in [-0.25, -0.2) is 0 Å². The van der Waals surface area contributed by atoms with Gasteiger partial charge in [0.1, 0.15) is 0 Å². The molecule has 1 unspecified atom stereocenters. The normalized spacial score (nSPS) is 23.6. The average molecular weight is 229 g/mol. The summed E-state index contributed by atoms with van der Waals surface area (Å²) in [6.45, 7) is 6.83. The van der Waals surface area contributed by atoms with Crippen molar-refractivity contribution in [3.05, 3.63) is 0 Å². The molecular formula is C13H27NO2. The molecule has 16 heavy (non-hydrogen) atoms. The SMILES string of the molecule is CCC(CC)(CO)CN1CCCCC1CO. The Balaban J connectivity index is 2.61. The molecule has 2 N–H and O–H groups in total. The molecule has 0 radical (unpaired) electrons. The third-order valence-electron chi connectivity index (χ3n) is 4.33. The number of nitrogens with zero attached hydrogens (tertiary/aromatic N) is 1. The van der Waals surface area contributed by atoms with Gasteiger partial charge in [0.05, 0.1) is 6.61 Å². The van der Waals surface area contributed by atoms with Crippen LogP contribution in [0.3, 0.4) is 0 Å². The van der Waals surface area contributed by atoms with Gasteiger partial charge >= 0.3 is 0 Å². The Bertz CT molecular complexity index is 184. The Labute approximate surface area is 99.5 Å². The highest BCUT2D eigenvalue weighted by Gasteiger charge is 2.31. The van der Waals surface area contributed by atoms with Crippen molar-refractivity contribution in [1.82, 2.24) is 4.90 Å². The molecule has 1 fully saturated rings. The average Bonchev–Trinajstić information content (AvgIpc) is 2.36. The zero-order valence-corrected chi connectivity index (χ0v) is 10.8.